The highest BCUT2D eigenvalue weighted by molar-refractivity contribution is 5.87. The summed E-state index contributed by atoms with van der Waals surface area (Å²) >= 11 is 0. The van der Waals surface area contributed by atoms with E-state index in [1.807, 2.05) is 0 Å². The standard InChI is InChI=1S/C12H21NO4/c1-9(15)6-4-5-7-13-11(17)10(16)12(2,3)8-14/h4,6,10,14,16H,5,7-8H2,1-3H3,(H,13,17)/b6-4+. The highest BCUT2D eigenvalue weighted by Crippen LogP contribution is 2.19. The van der Waals surface area contributed by atoms with Crippen molar-refractivity contribution in [2.45, 2.75) is 33.3 Å². The molecule has 0 spiro atoms. The molecule has 0 saturated heterocycles. The number of aliphatic hydroxyl groups is 2. The van der Waals surface area contributed by atoms with E-state index >= 15 is 0 Å². The Labute approximate surface area is 102 Å². The first-order valence-corrected chi connectivity index (χ1v) is 5.55. The summed E-state index contributed by atoms with van der Waals surface area (Å²) < 4.78 is 0. The van der Waals surface area contributed by atoms with Crippen molar-refractivity contribution in [2.75, 3.05) is 13.2 Å². The van der Waals surface area contributed by atoms with Gasteiger partial charge in [0, 0.05) is 12.0 Å². The summed E-state index contributed by atoms with van der Waals surface area (Å²) in [6, 6.07) is 0. The van der Waals surface area contributed by atoms with Gasteiger partial charge in [0.25, 0.3) is 0 Å². The molecule has 0 rings (SSSR count). The largest absolute Gasteiger partial charge is 0.396 e. The van der Waals surface area contributed by atoms with Crippen molar-refractivity contribution >= 4 is 11.7 Å². The molecule has 0 saturated carbocycles. The first kappa shape index (κ1) is 15.8. The zero-order chi connectivity index (χ0) is 13.5. The Hall–Kier alpha value is -1.20. The monoisotopic (exact) mass is 243 g/mol. The van der Waals surface area contributed by atoms with Gasteiger partial charge in [0.15, 0.2) is 5.78 Å². The second-order valence-electron chi connectivity index (χ2n) is 4.64. The second-order valence-corrected chi connectivity index (χ2v) is 4.64. The van der Waals surface area contributed by atoms with Gasteiger partial charge < -0.3 is 15.5 Å². The van der Waals surface area contributed by atoms with E-state index < -0.39 is 17.4 Å². The fraction of sp³-hybridized carbons (Fsp3) is 0.667. The van der Waals surface area contributed by atoms with E-state index in [-0.39, 0.29) is 12.4 Å². The Morgan fingerprint density at radius 2 is 2.00 bits per heavy atom. The lowest BCUT2D eigenvalue weighted by molar-refractivity contribution is -0.137. The minimum absolute atomic E-state index is 0.0437. The number of amides is 1. The summed E-state index contributed by atoms with van der Waals surface area (Å²) in [6.45, 7) is 4.73. The van der Waals surface area contributed by atoms with Gasteiger partial charge in [-0.3, -0.25) is 9.59 Å². The molecule has 0 aliphatic carbocycles. The van der Waals surface area contributed by atoms with Crippen molar-refractivity contribution in [3.63, 3.8) is 0 Å². The van der Waals surface area contributed by atoms with Crippen molar-refractivity contribution < 1.29 is 19.8 Å². The minimum Gasteiger partial charge on any atom is -0.396 e. The molecule has 1 atom stereocenters. The Balaban J connectivity index is 3.99. The molecular formula is C12H21NO4. The summed E-state index contributed by atoms with van der Waals surface area (Å²) in [7, 11) is 0. The zero-order valence-electron chi connectivity index (χ0n) is 10.6. The number of hydrogen-bond acceptors (Lipinski definition) is 4. The molecule has 0 heterocycles. The van der Waals surface area contributed by atoms with Crippen LogP contribution in [0, 0.1) is 5.41 Å². The number of hydrogen-bond donors (Lipinski definition) is 3. The number of allylic oxidation sites excluding steroid dienone is 1. The summed E-state index contributed by atoms with van der Waals surface area (Å²) in [5.74, 6) is -0.557. The van der Waals surface area contributed by atoms with Gasteiger partial charge in [-0.05, 0) is 19.4 Å². The maximum Gasteiger partial charge on any atom is 0.249 e. The molecule has 0 bridgehead atoms. The molecule has 98 valence electrons. The average molecular weight is 243 g/mol. The minimum atomic E-state index is -1.25. The Kier molecular flexibility index (Phi) is 6.68. The number of rotatable bonds is 7. The fourth-order valence-electron chi connectivity index (χ4n) is 1.07. The highest BCUT2D eigenvalue weighted by atomic mass is 16.3. The maximum atomic E-state index is 11.5. The van der Waals surface area contributed by atoms with Crippen molar-refractivity contribution in [3.05, 3.63) is 12.2 Å². The van der Waals surface area contributed by atoms with Crippen LogP contribution in [0.15, 0.2) is 12.2 Å². The predicted octanol–water partition coefficient (Wildman–Crippen LogP) is 0.0173. The van der Waals surface area contributed by atoms with Gasteiger partial charge in [0.1, 0.15) is 6.10 Å². The van der Waals surface area contributed by atoms with Crippen molar-refractivity contribution in [2.24, 2.45) is 5.41 Å². The lowest BCUT2D eigenvalue weighted by atomic mass is 9.87. The van der Waals surface area contributed by atoms with Crippen LogP contribution in [0.3, 0.4) is 0 Å². The van der Waals surface area contributed by atoms with Gasteiger partial charge in [-0.25, -0.2) is 0 Å². The molecule has 5 heteroatoms. The average Bonchev–Trinajstić information content (AvgIpc) is 2.26. The molecule has 0 aromatic carbocycles. The van der Waals surface area contributed by atoms with Crippen LogP contribution in [0.2, 0.25) is 0 Å². The predicted molar refractivity (Wildman–Crippen MR) is 64.3 cm³/mol. The second kappa shape index (κ2) is 7.19. The van der Waals surface area contributed by atoms with Crippen LogP contribution >= 0.6 is 0 Å². The highest BCUT2D eigenvalue weighted by Gasteiger charge is 2.32. The van der Waals surface area contributed by atoms with Gasteiger partial charge in [0.2, 0.25) is 5.91 Å². The Bertz CT molecular complexity index is 297. The van der Waals surface area contributed by atoms with E-state index in [1.54, 1.807) is 19.9 Å². The van der Waals surface area contributed by atoms with Gasteiger partial charge >= 0.3 is 0 Å². The van der Waals surface area contributed by atoms with Crippen LogP contribution in [0.5, 0.6) is 0 Å². The van der Waals surface area contributed by atoms with E-state index in [0.717, 1.165) is 0 Å². The van der Waals surface area contributed by atoms with Crippen LogP contribution in [-0.2, 0) is 9.59 Å². The SMILES string of the molecule is CC(=O)/C=C/CCNC(=O)C(O)C(C)(C)CO. The molecule has 17 heavy (non-hydrogen) atoms. The zero-order valence-corrected chi connectivity index (χ0v) is 10.6. The quantitative estimate of drug-likeness (QED) is 0.434. The smallest absolute Gasteiger partial charge is 0.249 e. The van der Waals surface area contributed by atoms with E-state index in [1.165, 1.54) is 13.0 Å². The van der Waals surface area contributed by atoms with Gasteiger partial charge in [-0.15, -0.1) is 0 Å². The van der Waals surface area contributed by atoms with Crippen molar-refractivity contribution in [3.8, 4) is 0 Å². The van der Waals surface area contributed by atoms with Crippen LogP contribution < -0.4 is 5.32 Å². The number of ketones is 1. The molecule has 3 N–H and O–H groups in total. The van der Waals surface area contributed by atoms with E-state index in [2.05, 4.69) is 5.32 Å². The number of carbonyl (C=O) groups excluding carboxylic acids is 2. The lowest BCUT2D eigenvalue weighted by Gasteiger charge is -2.27. The fourth-order valence-corrected chi connectivity index (χ4v) is 1.07. The molecule has 0 aromatic heterocycles. The van der Waals surface area contributed by atoms with E-state index in [4.69, 9.17) is 5.11 Å². The number of nitrogens with one attached hydrogen (secondary N) is 1. The van der Waals surface area contributed by atoms with Gasteiger partial charge in [-0.1, -0.05) is 19.9 Å². The molecule has 0 aliphatic rings. The maximum absolute atomic E-state index is 11.5. The normalized spacial score (nSPS) is 13.7. The molecule has 0 fully saturated rings. The third-order valence-corrected chi connectivity index (χ3v) is 2.36. The molecule has 1 amide bonds. The summed E-state index contributed by atoms with van der Waals surface area (Å²) in [5, 5.41) is 21.2. The van der Waals surface area contributed by atoms with Crippen LogP contribution in [-0.4, -0.2) is 41.2 Å². The third kappa shape index (κ3) is 6.19. The lowest BCUT2D eigenvalue weighted by Crippen LogP contribution is -2.45. The number of aliphatic hydroxyl groups excluding tert-OH is 2. The number of carbonyl (C=O) groups is 2. The van der Waals surface area contributed by atoms with Gasteiger partial charge in [-0.2, -0.15) is 0 Å². The molecule has 0 aliphatic heterocycles. The first-order chi connectivity index (χ1) is 7.81. The molecular weight excluding hydrogens is 222 g/mol. The molecule has 0 radical (unpaired) electrons. The Morgan fingerprint density at radius 1 is 1.41 bits per heavy atom. The van der Waals surface area contributed by atoms with Gasteiger partial charge in [0.05, 0.1) is 6.61 Å². The Morgan fingerprint density at radius 3 is 2.47 bits per heavy atom. The third-order valence-electron chi connectivity index (χ3n) is 2.36. The van der Waals surface area contributed by atoms with Crippen LogP contribution in [0.4, 0.5) is 0 Å². The first-order valence-electron chi connectivity index (χ1n) is 5.55. The van der Waals surface area contributed by atoms with Crippen LogP contribution in [0.1, 0.15) is 27.2 Å². The topological polar surface area (TPSA) is 86.6 Å². The van der Waals surface area contributed by atoms with Crippen LogP contribution in [0.25, 0.3) is 0 Å². The summed E-state index contributed by atoms with van der Waals surface area (Å²) in [4.78, 5) is 22.1. The summed E-state index contributed by atoms with van der Waals surface area (Å²) in [6.07, 6.45) is 2.37. The molecule has 1 unspecified atom stereocenters. The van der Waals surface area contributed by atoms with E-state index in [9.17, 15) is 14.7 Å². The summed E-state index contributed by atoms with van der Waals surface area (Å²) in [5.41, 5.74) is -0.862. The van der Waals surface area contributed by atoms with Crippen molar-refractivity contribution in [1.29, 1.82) is 0 Å². The van der Waals surface area contributed by atoms with Crippen molar-refractivity contribution in [1.82, 2.24) is 5.32 Å². The molecule has 0 aromatic rings. The van der Waals surface area contributed by atoms with E-state index in [0.29, 0.717) is 13.0 Å². The molecule has 5 nitrogen and oxygen atoms in total.